The first-order valence-electron chi connectivity index (χ1n) is 10.1. The summed E-state index contributed by atoms with van der Waals surface area (Å²) in [6, 6.07) is 13.1. The van der Waals surface area contributed by atoms with Crippen molar-refractivity contribution >= 4 is 22.5 Å². The van der Waals surface area contributed by atoms with Crippen LogP contribution in [0.2, 0.25) is 0 Å². The van der Waals surface area contributed by atoms with E-state index in [9.17, 15) is 9.59 Å². The molecule has 144 valence electrons. The summed E-state index contributed by atoms with van der Waals surface area (Å²) in [5, 5.41) is 3.50. The molecule has 1 aliphatic heterocycles. The molecule has 2 heterocycles. The molecule has 0 atom stereocenters. The highest BCUT2D eigenvalue weighted by molar-refractivity contribution is 6.06. The number of hydrogen-bond acceptors (Lipinski definition) is 3. The summed E-state index contributed by atoms with van der Waals surface area (Å²) in [5.74, 6) is 0.640. The van der Waals surface area contributed by atoms with Crippen LogP contribution in [-0.2, 0) is 19.4 Å². The van der Waals surface area contributed by atoms with E-state index >= 15 is 0 Å². The Labute approximate surface area is 164 Å². The van der Waals surface area contributed by atoms with Crippen molar-refractivity contribution in [1.29, 1.82) is 0 Å². The van der Waals surface area contributed by atoms with Crippen molar-refractivity contribution < 1.29 is 4.79 Å². The second-order valence-electron chi connectivity index (χ2n) is 7.43. The summed E-state index contributed by atoms with van der Waals surface area (Å²) >= 11 is 0. The van der Waals surface area contributed by atoms with Gasteiger partial charge in [-0.25, -0.2) is 4.98 Å². The maximum absolute atomic E-state index is 12.8. The molecule has 1 aliphatic rings. The van der Waals surface area contributed by atoms with Gasteiger partial charge in [-0.15, -0.1) is 0 Å². The predicted molar refractivity (Wildman–Crippen MR) is 112 cm³/mol. The van der Waals surface area contributed by atoms with Crippen molar-refractivity contribution in [2.75, 3.05) is 5.32 Å². The van der Waals surface area contributed by atoms with Gasteiger partial charge in [0.2, 0.25) is 0 Å². The van der Waals surface area contributed by atoms with Gasteiger partial charge in [0.15, 0.2) is 0 Å². The molecule has 0 saturated carbocycles. The standard InChI is InChI=1S/C23H25N3O2/c1-2-6-16-8-11-18(12-9-16)24-22(27)17-10-13-19-20(15-17)25-21-7-4-3-5-14-26(21)23(19)28/h8-13,15H,2-7,14H2,1H3,(H,24,27). The van der Waals surface area contributed by atoms with Crippen LogP contribution in [-0.4, -0.2) is 15.5 Å². The van der Waals surface area contributed by atoms with Gasteiger partial charge in [-0.05, 0) is 55.2 Å². The third-order valence-electron chi connectivity index (χ3n) is 5.33. The van der Waals surface area contributed by atoms with Crippen LogP contribution in [0.25, 0.3) is 10.9 Å². The number of carbonyl (C=O) groups excluding carboxylic acids is 1. The van der Waals surface area contributed by atoms with Gasteiger partial charge in [0.25, 0.3) is 11.5 Å². The molecule has 0 aliphatic carbocycles. The molecule has 0 spiro atoms. The summed E-state index contributed by atoms with van der Waals surface area (Å²) in [6.07, 6.45) is 6.11. The fraction of sp³-hybridized carbons (Fsp3) is 0.348. The van der Waals surface area contributed by atoms with Crippen molar-refractivity contribution in [2.24, 2.45) is 0 Å². The van der Waals surface area contributed by atoms with E-state index < -0.39 is 0 Å². The zero-order chi connectivity index (χ0) is 19.5. The SMILES string of the molecule is CCCc1ccc(NC(=O)c2ccc3c(=O)n4c(nc3c2)CCCCC4)cc1. The van der Waals surface area contributed by atoms with Gasteiger partial charge in [0.05, 0.1) is 10.9 Å². The quantitative estimate of drug-likeness (QED) is 0.738. The summed E-state index contributed by atoms with van der Waals surface area (Å²) in [7, 11) is 0. The Bertz CT molecular complexity index is 1070. The average Bonchev–Trinajstić information content (AvgIpc) is 2.95. The van der Waals surface area contributed by atoms with Gasteiger partial charge in [0.1, 0.15) is 5.82 Å². The number of hydrogen-bond donors (Lipinski definition) is 1. The molecule has 1 N–H and O–H groups in total. The summed E-state index contributed by atoms with van der Waals surface area (Å²) in [5.41, 5.74) is 3.14. The molecule has 28 heavy (non-hydrogen) atoms. The minimum absolute atomic E-state index is 0.000344. The lowest BCUT2D eigenvalue weighted by Crippen LogP contribution is -2.24. The number of nitrogens with one attached hydrogen (secondary N) is 1. The highest BCUT2D eigenvalue weighted by atomic mass is 16.1. The van der Waals surface area contributed by atoms with Crippen LogP contribution in [0.15, 0.2) is 47.3 Å². The predicted octanol–water partition coefficient (Wildman–Crippen LogP) is 4.33. The van der Waals surface area contributed by atoms with Crippen molar-refractivity contribution in [3.63, 3.8) is 0 Å². The van der Waals surface area contributed by atoms with Gasteiger partial charge in [-0.1, -0.05) is 31.9 Å². The van der Waals surface area contributed by atoms with E-state index in [2.05, 4.69) is 12.2 Å². The number of anilines is 1. The van der Waals surface area contributed by atoms with E-state index in [1.165, 1.54) is 5.56 Å². The number of benzene rings is 2. The number of aromatic nitrogens is 2. The van der Waals surface area contributed by atoms with Crippen LogP contribution in [0, 0.1) is 0 Å². The number of nitrogens with zero attached hydrogens (tertiary/aromatic N) is 2. The maximum Gasteiger partial charge on any atom is 0.261 e. The fourth-order valence-corrected chi connectivity index (χ4v) is 3.81. The second kappa shape index (κ2) is 7.97. The third kappa shape index (κ3) is 3.70. The molecule has 0 fully saturated rings. The molecule has 0 saturated heterocycles. The van der Waals surface area contributed by atoms with Gasteiger partial charge >= 0.3 is 0 Å². The van der Waals surface area contributed by atoms with Crippen molar-refractivity contribution in [3.05, 3.63) is 69.8 Å². The van der Waals surface area contributed by atoms with Gasteiger partial charge in [-0.2, -0.15) is 0 Å². The van der Waals surface area contributed by atoms with Crippen molar-refractivity contribution in [3.8, 4) is 0 Å². The first kappa shape index (κ1) is 18.4. The van der Waals surface area contributed by atoms with Gasteiger partial charge in [0, 0.05) is 24.2 Å². The molecule has 0 bridgehead atoms. The van der Waals surface area contributed by atoms with Crippen LogP contribution in [0.1, 0.15) is 54.4 Å². The number of aryl methyl sites for hydroxylation is 2. The lowest BCUT2D eigenvalue weighted by Gasteiger charge is -2.11. The van der Waals surface area contributed by atoms with E-state index in [0.717, 1.165) is 56.6 Å². The molecule has 2 aromatic carbocycles. The Morgan fingerprint density at radius 1 is 1.11 bits per heavy atom. The number of fused-ring (bicyclic) bond motifs is 2. The highest BCUT2D eigenvalue weighted by Gasteiger charge is 2.15. The van der Waals surface area contributed by atoms with Crippen LogP contribution < -0.4 is 10.9 Å². The monoisotopic (exact) mass is 375 g/mol. The largest absolute Gasteiger partial charge is 0.322 e. The Morgan fingerprint density at radius 3 is 2.71 bits per heavy atom. The fourth-order valence-electron chi connectivity index (χ4n) is 3.81. The number of rotatable bonds is 4. The van der Waals surface area contributed by atoms with E-state index in [1.54, 1.807) is 22.8 Å². The number of carbonyl (C=O) groups is 1. The Morgan fingerprint density at radius 2 is 1.93 bits per heavy atom. The van der Waals surface area contributed by atoms with E-state index in [-0.39, 0.29) is 11.5 Å². The Kier molecular flexibility index (Phi) is 5.24. The van der Waals surface area contributed by atoms with Gasteiger partial charge in [-0.3, -0.25) is 14.2 Å². The average molecular weight is 375 g/mol. The van der Waals surface area contributed by atoms with E-state index in [1.807, 2.05) is 24.3 Å². The normalized spacial score (nSPS) is 13.8. The first-order chi connectivity index (χ1) is 13.7. The zero-order valence-electron chi connectivity index (χ0n) is 16.2. The smallest absolute Gasteiger partial charge is 0.261 e. The minimum atomic E-state index is -0.193. The maximum atomic E-state index is 12.8. The lowest BCUT2D eigenvalue weighted by atomic mass is 10.1. The van der Waals surface area contributed by atoms with E-state index in [0.29, 0.717) is 16.5 Å². The third-order valence-corrected chi connectivity index (χ3v) is 5.33. The molecule has 4 rings (SSSR count). The Hall–Kier alpha value is -2.95. The second-order valence-corrected chi connectivity index (χ2v) is 7.43. The van der Waals surface area contributed by atoms with Crippen LogP contribution in [0.4, 0.5) is 5.69 Å². The zero-order valence-corrected chi connectivity index (χ0v) is 16.2. The summed E-state index contributed by atoms with van der Waals surface area (Å²) in [4.78, 5) is 30.2. The molecular formula is C23H25N3O2. The Balaban J connectivity index is 1.61. The van der Waals surface area contributed by atoms with Crippen molar-refractivity contribution in [1.82, 2.24) is 9.55 Å². The van der Waals surface area contributed by atoms with E-state index in [4.69, 9.17) is 4.98 Å². The van der Waals surface area contributed by atoms with Crippen LogP contribution in [0.3, 0.4) is 0 Å². The molecule has 1 amide bonds. The van der Waals surface area contributed by atoms with Crippen LogP contribution in [0.5, 0.6) is 0 Å². The molecule has 3 aromatic rings. The summed E-state index contributed by atoms with van der Waals surface area (Å²) in [6.45, 7) is 2.88. The molecule has 1 aromatic heterocycles. The number of amides is 1. The topological polar surface area (TPSA) is 64.0 Å². The molecule has 0 unspecified atom stereocenters. The lowest BCUT2D eigenvalue weighted by molar-refractivity contribution is 0.102. The highest BCUT2D eigenvalue weighted by Crippen LogP contribution is 2.18. The summed E-state index contributed by atoms with van der Waals surface area (Å²) < 4.78 is 1.80. The molecule has 0 radical (unpaired) electrons. The van der Waals surface area contributed by atoms with Crippen LogP contribution >= 0.6 is 0 Å². The van der Waals surface area contributed by atoms with Crippen molar-refractivity contribution in [2.45, 2.75) is 52.0 Å². The molecule has 5 heteroatoms. The molecular weight excluding hydrogens is 350 g/mol. The first-order valence-corrected chi connectivity index (χ1v) is 10.1. The molecule has 5 nitrogen and oxygen atoms in total. The minimum Gasteiger partial charge on any atom is -0.322 e. The van der Waals surface area contributed by atoms with Gasteiger partial charge < -0.3 is 5.32 Å².